The minimum Gasteiger partial charge on any atom is -0.338 e. The molecule has 8 nitrogen and oxygen atoms in total. The Morgan fingerprint density at radius 3 is 2.69 bits per heavy atom. The van der Waals surface area contributed by atoms with Crippen LogP contribution in [0.5, 0.6) is 0 Å². The van der Waals surface area contributed by atoms with Gasteiger partial charge in [0.1, 0.15) is 0 Å². The molecule has 35 heavy (non-hydrogen) atoms. The number of carbonyl (C=O) groups excluding carboxylic acids is 2. The van der Waals surface area contributed by atoms with E-state index in [0.29, 0.717) is 23.7 Å². The highest BCUT2D eigenvalue weighted by Gasteiger charge is 2.16. The van der Waals surface area contributed by atoms with Crippen LogP contribution in [0.3, 0.4) is 0 Å². The number of nitrogens with zero attached hydrogens (tertiary/aromatic N) is 4. The molecule has 0 saturated heterocycles. The summed E-state index contributed by atoms with van der Waals surface area (Å²) in [7, 11) is 4.00. The van der Waals surface area contributed by atoms with Gasteiger partial charge in [0.05, 0.1) is 15.9 Å². The average molecular weight is 489 g/mol. The van der Waals surface area contributed by atoms with E-state index >= 15 is 0 Å². The first-order valence-electron chi connectivity index (χ1n) is 11.5. The maximum atomic E-state index is 12.7. The number of ketones is 1. The van der Waals surface area contributed by atoms with Gasteiger partial charge in [-0.1, -0.05) is 17.4 Å². The van der Waals surface area contributed by atoms with Crippen LogP contribution in [0.25, 0.3) is 32.6 Å². The Hall–Kier alpha value is -3.69. The van der Waals surface area contributed by atoms with Crippen molar-refractivity contribution < 1.29 is 9.59 Å². The third-order valence-corrected chi connectivity index (χ3v) is 6.41. The van der Waals surface area contributed by atoms with Gasteiger partial charge in [0.15, 0.2) is 10.9 Å². The predicted octanol–water partition coefficient (Wildman–Crippen LogP) is 5.09. The minimum atomic E-state index is -0.296. The van der Waals surface area contributed by atoms with E-state index in [2.05, 4.69) is 30.5 Å². The van der Waals surface area contributed by atoms with E-state index in [1.807, 2.05) is 57.4 Å². The molecule has 3 aromatic heterocycles. The molecular formula is C26H28N6O2S. The first-order chi connectivity index (χ1) is 16.9. The lowest BCUT2D eigenvalue weighted by Crippen LogP contribution is -2.28. The zero-order valence-corrected chi connectivity index (χ0v) is 20.9. The van der Waals surface area contributed by atoms with Crippen LogP contribution in [0.2, 0.25) is 0 Å². The van der Waals surface area contributed by atoms with E-state index in [9.17, 15) is 9.59 Å². The molecular weight excluding hydrogens is 460 g/mol. The highest BCUT2D eigenvalue weighted by atomic mass is 32.1. The lowest BCUT2D eigenvalue weighted by molar-refractivity contribution is 0.0977. The Labute approximate surface area is 208 Å². The molecule has 0 saturated carbocycles. The van der Waals surface area contributed by atoms with E-state index in [1.54, 1.807) is 18.6 Å². The van der Waals surface area contributed by atoms with Crippen molar-refractivity contribution in [3.05, 3.63) is 60.6 Å². The number of fused-ring (bicyclic) bond motifs is 1. The van der Waals surface area contributed by atoms with Crippen molar-refractivity contribution in [2.24, 2.45) is 0 Å². The van der Waals surface area contributed by atoms with Crippen molar-refractivity contribution in [3.8, 4) is 22.4 Å². The molecule has 0 bridgehead atoms. The molecule has 0 atom stereocenters. The van der Waals surface area contributed by atoms with Gasteiger partial charge in [0.2, 0.25) is 0 Å². The van der Waals surface area contributed by atoms with Crippen LogP contribution in [0.1, 0.15) is 30.1 Å². The van der Waals surface area contributed by atoms with Crippen LogP contribution >= 0.6 is 11.3 Å². The van der Waals surface area contributed by atoms with E-state index in [0.717, 1.165) is 45.6 Å². The van der Waals surface area contributed by atoms with Crippen LogP contribution in [-0.4, -0.2) is 58.9 Å². The van der Waals surface area contributed by atoms with Crippen LogP contribution in [0, 0.1) is 0 Å². The maximum Gasteiger partial charge on any atom is 0.321 e. The Morgan fingerprint density at radius 2 is 1.94 bits per heavy atom. The summed E-state index contributed by atoms with van der Waals surface area (Å²) >= 11 is 1.40. The second kappa shape index (κ2) is 11.2. The van der Waals surface area contributed by atoms with Crippen LogP contribution in [0.15, 0.2) is 55.0 Å². The van der Waals surface area contributed by atoms with Crippen LogP contribution in [0.4, 0.5) is 9.93 Å². The molecule has 0 spiro atoms. The number of nitrogens with one attached hydrogen (secondary N) is 2. The number of urea groups is 1. The summed E-state index contributed by atoms with van der Waals surface area (Å²) < 4.78 is 0.920. The standard InChI is InChI=1S/C26H28N6O2S/c1-4-28-25(34)31-26-30-22-14-17(13-20(24(22)35-26)21-8-5-6-10-29-21)18-12-19(16-27-15-18)23(33)9-7-11-32(2)3/h5-6,8,10,12-16H,4,7,9,11H2,1-3H3,(H2,28,30,31,34). The van der Waals surface area contributed by atoms with Crippen LogP contribution in [-0.2, 0) is 0 Å². The largest absolute Gasteiger partial charge is 0.338 e. The number of thiazole rings is 1. The van der Waals surface area contributed by atoms with E-state index in [4.69, 9.17) is 0 Å². The molecule has 3 heterocycles. The molecule has 2 N–H and O–H groups in total. The van der Waals surface area contributed by atoms with Gasteiger partial charge >= 0.3 is 6.03 Å². The molecule has 4 rings (SSSR count). The summed E-state index contributed by atoms with van der Waals surface area (Å²) in [6, 6.07) is 11.3. The number of amides is 2. The van der Waals surface area contributed by atoms with Gasteiger partial charge in [-0.25, -0.2) is 9.78 Å². The fourth-order valence-electron chi connectivity index (χ4n) is 3.72. The summed E-state index contributed by atoms with van der Waals surface area (Å²) in [6.45, 7) is 3.25. The van der Waals surface area contributed by atoms with E-state index in [1.165, 1.54) is 11.3 Å². The highest BCUT2D eigenvalue weighted by molar-refractivity contribution is 7.22. The molecule has 180 valence electrons. The second-order valence-corrected chi connectivity index (χ2v) is 9.38. The van der Waals surface area contributed by atoms with Gasteiger partial charge in [0.25, 0.3) is 0 Å². The number of pyridine rings is 2. The van der Waals surface area contributed by atoms with Crippen molar-refractivity contribution in [2.75, 3.05) is 32.5 Å². The van der Waals surface area contributed by atoms with E-state index < -0.39 is 0 Å². The Morgan fingerprint density at radius 1 is 1.09 bits per heavy atom. The summed E-state index contributed by atoms with van der Waals surface area (Å²) in [5.41, 5.74) is 4.75. The number of anilines is 1. The number of rotatable bonds is 9. The smallest absolute Gasteiger partial charge is 0.321 e. The summed E-state index contributed by atoms with van der Waals surface area (Å²) in [4.78, 5) is 40.4. The van der Waals surface area contributed by atoms with E-state index in [-0.39, 0.29) is 11.8 Å². The minimum absolute atomic E-state index is 0.0781. The zero-order valence-electron chi connectivity index (χ0n) is 20.0. The fraction of sp³-hybridized carbons (Fsp3) is 0.269. The molecule has 1 aromatic carbocycles. The quantitative estimate of drug-likeness (QED) is 0.319. The molecule has 9 heteroatoms. The van der Waals surface area contributed by atoms with Crippen LogP contribution < -0.4 is 10.6 Å². The highest BCUT2D eigenvalue weighted by Crippen LogP contribution is 2.38. The summed E-state index contributed by atoms with van der Waals surface area (Å²) in [5.74, 6) is 0.0781. The molecule has 0 radical (unpaired) electrons. The number of carbonyl (C=O) groups is 2. The SMILES string of the molecule is CCNC(=O)Nc1nc2cc(-c3cncc(C(=O)CCCN(C)C)c3)cc(-c3ccccn3)c2s1. The number of aromatic nitrogens is 3. The third kappa shape index (κ3) is 6.06. The van der Waals surface area contributed by atoms with Gasteiger partial charge in [-0.3, -0.25) is 20.1 Å². The monoisotopic (exact) mass is 488 g/mol. The predicted molar refractivity (Wildman–Crippen MR) is 141 cm³/mol. The maximum absolute atomic E-state index is 12.7. The van der Waals surface area contributed by atoms with Gasteiger partial charge < -0.3 is 10.2 Å². The molecule has 0 fully saturated rings. The third-order valence-electron chi connectivity index (χ3n) is 5.39. The number of Topliss-reactive ketones (excluding diaryl/α,β-unsaturated/α-hetero) is 1. The molecule has 0 aliphatic heterocycles. The molecule has 0 aliphatic carbocycles. The molecule has 0 aliphatic rings. The van der Waals surface area contributed by atoms with Crippen molar-refractivity contribution in [1.82, 2.24) is 25.2 Å². The van der Waals surface area contributed by atoms with Gasteiger partial charge in [0, 0.05) is 48.2 Å². The molecule has 0 unspecified atom stereocenters. The molecule has 2 amide bonds. The Bertz CT molecular complexity index is 1340. The number of hydrogen-bond donors (Lipinski definition) is 2. The summed E-state index contributed by atoms with van der Waals surface area (Å²) in [5, 5.41) is 6.02. The topological polar surface area (TPSA) is 100 Å². The normalized spacial score (nSPS) is 11.1. The fourth-order valence-corrected chi connectivity index (χ4v) is 4.68. The van der Waals surface area contributed by atoms with Crippen molar-refractivity contribution in [1.29, 1.82) is 0 Å². The lowest BCUT2D eigenvalue weighted by Gasteiger charge is -2.10. The lowest BCUT2D eigenvalue weighted by atomic mass is 9.99. The number of hydrogen-bond acceptors (Lipinski definition) is 7. The summed E-state index contributed by atoms with van der Waals surface area (Å²) in [6.07, 6.45) is 6.39. The van der Waals surface area contributed by atoms with Crippen molar-refractivity contribution in [2.45, 2.75) is 19.8 Å². The van der Waals surface area contributed by atoms with Gasteiger partial charge in [-0.2, -0.15) is 0 Å². The van der Waals surface area contributed by atoms with Crippen molar-refractivity contribution >= 4 is 38.5 Å². The average Bonchev–Trinajstić information content (AvgIpc) is 3.26. The first kappa shape index (κ1) is 24.4. The van der Waals surface area contributed by atoms with Gasteiger partial charge in [-0.15, -0.1) is 0 Å². The van der Waals surface area contributed by atoms with Crippen molar-refractivity contribution in [3.63, 3.8) is 0 Å². The Balaban J connectivity index is 1.73. The Kier molecular flexibility index (Phi) is 7.79. The molecule has 4 aromatic rings. The van der Waals surface area contributed by atoms with Gasteiger partial charge in [-0.05, 0) is 69.9 Å². The first-order valence-corrected chi connectivity index (χ1v) is 12.3. The second-order valence-electron chi connectivity index (χ2n) is 8.38. The number of benzene rings is 1. The zero-order chi connectivity index (χ0) is 24.8.